The molecule has 2 saturated heterocycles. The van der Waals surface area contributed by atoms with E-state index in [4.69, 9.17) is 0 Å². The third-order valence-electron chi connectivity index (χ3n) is 8.96. The maximum absolute atomic E-state index is 14.3. The van der Waals surface area contributed by atoms with E-state index < -0.39 is 6.04 Å². The predicted molar refractivity (Wildman–Crippen MR) is 150 cm³/mol. The molecule has 6 nitrogen and oxygen atoms in total. The summed E-state index contributed by atoms with van der Waals surface area (Å²) in [4.78, 5) is 35.8. The van der Waals surface area contributed by atoms with E-state index in [1.165, 1.54) is 11.1 Å². The zero-order valence-electron chi connectivity index (χ0n) is 23.5. The smallest absolute Gasteiger partial charge is 0.246 e. The van der Waals surface area contributed by atoms with Crippen molar-refractivity contribution in [2.45, 2.75) is 95.9 Å². The van der Waals surface area contributed by atoms with Crippen LogP contribution in [-0.4, -0.2) is 56.3 Å². The highest BCUT2D eigenvalue weighted by atomic mass is 16.2. The third-order valence-corrected chi connectivity index (χ3v) is 8.96. The topological polar surface area (TPSA) is 73.0 Å². The number of H-pyrrole nitrogens is 1. The highest BCUT2D eigenvalue weighted by Crippen LogP contribution is 2.43. The first-order chi connectivity index (χ1) is 17.9. The number of piperazine rings is 1. The number of fused-ring (bicyclic) bond motifs is 4. The van der Waals surface area contributed by atoms with Gasteiger partial charge in [0.15, 0.2) is 0 Å². The molecule has 3 aliphatic heterocycles. The van der Waals surface area contributed by atoms with E-state index >= 15 is 0 Å². The molecule has 200 valence electrons. The predicted octanol–water partition coefficient (Wildman–Crippen LogP) is 4.26. The van der Waals surface area contributed by atoms with Crippen LogP contribution in [-0.2, 0) is 16.0 Å². The molecule has 0 radical (unpaired) electrons. The monoisotopic (exact) mass is 513 g/mol. The number of quaternary nitrogens is 1. The van der Waals surface area contributed by atoms with Crippen molar-refractivity contribution >= 4 is 22.7 Å². The molecule has 2 atom stereocenters. The molecule has 6 heteroatoms. The van der Waals surface area contributed by atoms with Crippen LogP contribution in [0.5, 0.6) is 0 Å². The lowest BCUT2D eigenvalue weighted by molar-refractivity contribution is -0.788. The van der Waals surface area contributed by atoms with Crippen LogP contribution in [0.3, 0.4) is 0 Å². The van der Waals surface area contributed by atoms with Gasteiger partial charge in [-0.2, -0.15) is 0 Å². The molecule has 2 aromatic carbocycles. The summed E-state index contributed by atoms with van der Waals surface area (Å²) in [7, 11) is 0. The van der Waals surface area contributed by atoms with Gasteiger partial charge >= 0.3 is 0 Å². The van der Waals surface area contributed by atoms with Crippen LogP contribution >= 0.6 is 0 Å². The van der Waals surface area contributed by atoms with Crippen molar-refractivity contribution in [3.8, 4) is 0 Å². The highest BCUT2D eigenvalue weighted by molar-refractivity contribution is 5.97. The van der Waals surface area contributed by atoms with E-state index in [2.05, 4.69) is 94.3 Å². The number of para-hydroxylation sites is 1. The normalized spacial score (nSPS) is 25.1. The number of nitrogens with two attached hydrogens (primary N) is 1. The van der Waals surface area contributed by atoms with E-state index in [-0.39, 0.29) is 41.5 Å². The van der Waals surface area contributed by atoms with Gasteiger partial charge in [-0.15, -0.1) is 0 Å². The Morgan fingerprint density at radius 1 is 0.947 bits per heavy atom. The number of nitrogens with zero attached hydrogens (tertiary/aromatic N) is 2. The van der Waals surface area contributed by atoms with Crippen molar-refractivity contribution in [2.75, 3.05) is 6.54 Å². The lowest BCUT2D eigenvalue weighted by Gasteiger charge is -2.52. The van der Waals surface area contributed by atoms with E-state index in [9.17, 15) is 9.59 Å². The number of carbonyl (C=O) groups is 2. The maximum Gasteiger partial charge on any atom is 0.246 e. The van der Waals surface area contributed by atoms with Gasteiger partial charge in [0, 0.05) is 41.9 Å². The van der Waals surface area contributed by atoms with Gasteiger partial charge in [-0.25, -0.2) is 0 Å². The number of nitrogens with one attached hydrogen (secondary N) is 1. The SMILES string of the molecule is CC(C)c1ccc([C@@H]2c3[nH]c4ccccc4c3C[C@H]3C(=O)N(C4CC(C)(C)[NH2+]C(C)(C)C4)CC(=O)N23)cc1. The Labute approximate surface area is 225 Å². The van der Waals surface area contributed by atoms with E-state index in [1.807, 2.05) is 15.9 Å². The summed E-state index contributed by atoms with van der Waals surface area (Å²) in [6, 6.07) is 16.2. The summed E-state index contributed by atoms with van der Waals surface area (Å²) in [6.07, 6.45) is 2.33. The van der Waals surface area contributed by atoms with Gasteiger partial charge in [0.2, 0.25) is 11.8 Å². The van der Waals surface area contributed by atoms with E-state index in [0.717, 1.165) is 35.0 Å². The van der Waals surface area contributed by atoms with Crippen molar-refractivity contribution in [1.29, 1.82) is 0 Å². The number of hydrogen-bond acceptors (Lipinski definition) is 2. The van der Waals surface area contributed by atoms with E-state index in [0.29, 0.717) is 12.3 Å². The zero-order valence-corrected chi connectivity index (χ0v) is 23.5. The highest BCUT2D eigenvalue weighted by Gasteiger charge is 2.52. The number of aromatic amines is 1. The van der Waals surface area contributed by atoms with Crippen LogP contribution in [0.1, 0.15) is 88.7 Å². The Hall–Kier alpha value is -3.12. The second-order valence-electron chi connectivity index (χ2n) is 13.5. The van der Waals surface area contributed by atoms with Gasteiger partial charge in [0.25, 0.3) is 0 Å². The molecule has 4 heterocycles. The molecule has 3 aliphatic rings. The standard InChI is InChI=1S/C32H40N4O2/c1-19(2)20-11-13-21(14-12-20)29-28-24(23-9-7-8-10-25(23)33-28)15-26-30(38)35(18-27(37)36(26)29)22-16-31(3,4)34-32(5,6)17-22/h7-14,19,22,26,29,33-34H,15-18H2,1-6H3/p+1/t26-,29+/m0/s1. The number of benzene rings is 2. The van der Waals surface area contributed by atoms with Gasteiger partial charge in [0.1, 0.15) is 12.6 Å². The summed E-state index contributed by atoms with van der Waals surface area (Å²) in [6.45, 7) is 13.5. The fourth-order valence-electron chi connectivity index (χ4n) is 7.69. The molecule has 1 aromatic heterocycles. The zero-order chi connectivity index (χ0) is 27.0. The van der Waals surface area contributed by atoms with Gasteiger partial charge in [-0.1, -0.05) is 56.3 Å². The molecule has 0 aliphatic carbocycles. The fourth-order valence-corrected chi connectivity index (χ4v) is 7.69. The summed E-state index contributed by atoms with van der Waals surface area (Å²) < 4.78 is 0. The van der Waals surface area contributed by atoms with Crippen LogP contribution in [0, 0.1) is 0 Å². The van der Waals surface area contributed by atoms with Crippen LogP contribution in [0.25, 0.3) is 10.9 Å². The minimum absolute atomic E-state index is 0.0180. The second kappa shape index (κ2) is 8.70. The summed E-state index contributed by atoms with van der Waals surface area (Å²) in [5.74, 6) is 0.574. The van der Waals surface area contributed by atoms with Crippen LogP contribution < -0.4 is 5.32 Å². The minimum Gasteiger partial charge on any atom is -0.356 e. The summed E-state index contributed by atoms with van der Waals surface area (Å²) in [5.41, 5.74) is 5.63. The fraction of sp³-hybridized carbons (Fsp3) is 0.500. The molecule has 38 heavy (non-hydrogen) atoms. The number of carbonyl (C=O) groups excluding carboxylic acids is 2. The molecular weight excluding hydrogens is 472 g/mol. The first kappa shape index (κ1) is 25.2. The van der Waals surface area contributed by atoms with Crippen LogP contribution in [0.15, 0.2) is 48.5 Å². The Kier molecular flexibility index (Phi) is 5.76. The van der Waals surface area contributed by atoms with Crippen molar-refractivity contribution < 1.29 is 14.9 Å². The number of piperidine rings is 1. The first-order valence-electron chi connectivity index (χ1n) is 14.1. The number of rotatable bonds is 3. The van der Waals surface area contributed by atoms with Gasteiger partial charge in [-0.05, 0) is 56.4 Å². The second-order valence-corrected chi connectivity index (χ2v) is 13.5. The molecule has 0 saturated carbocycles. The Morgan fingerprint density at radius 2 is 1.61 bits per heavy atom. The van der Waals surface area contributed by atoms with Gasteiger partial charge < -0.3 is 20.1 Å². The number of amides is 2. The molecule has 2 amide bonds. The van der Waals surface area contributed by atoms with Crippen molar-refractivity contribution in [3.63, 3.8) is 0 Å². The molecule has 3 aromatic rings. The number of aromatic nitrogens is 1. The largest absolute Gasteiger partial charge is 0.356 e. The molecule has 2 fully saturated rings. The Balaban J connectivity index is 1.44. The molecule has 0 bridgehead atoms. The first-order valence-corrected chi connectivity index (χ1v) is 14.1. The lowest BCUT2D eigenvalue weighted by atomic mass is 9.78. The van der Waals surface area contributed by atoms with Gasteiger partial charge in [0.05, 0.1) is 17.1 Å². The summed E-state index contributed by atoms with van der Waals surface area (Å²) in [5, 5.41) is 3.58. The third kappa shape index (κ3) is 4.14. The lowest BCUT2D eigenvalue weighted by Crippen LogP contribution is -3.06. The van der Waals surface area contributed by atoms with Crippen molar-refractivity contribution in [3.05, 3.63) is 70.9 Å². The Bertz CT molecular complexity index is 1380. The Morgan fingerprint density at radius 3 is 2.26 bits per heavy atom. The van der Waals surface area contributed by atoms with Crippen molar-refractivity contribution in [1.82, 2.24) is 14.8 Å². The van der Waals surface area contributed by atoms with E-state index in [1.54, 1.807) is 0 Å². The average molecular weight is 514 g/mol. The molecular formula is C32H41N4O2+. The summed E-state index contributed by atoms with van der Waals surface area (Å²) >= 11 is 0. The molecule has 0 spiro atoms. The minimum atomic E-state index is -0.491. The molecule has 6 rings (SSSR count). The number of hydrogen-bond donors (Lipinski definition) is 2. The maximum atomic E-state index is 14.3. The van der Waals surface area contributed by atoms with Gasteiger partial charge in [-0.3, -0.25) is 9.59 Å². The van der Waals surface area contributed by atoms with Crippen LogP contribution in [0.4, 0.5) is 0 Å². The average Bonchev–Trinajstić information content (AvgIpc) is 3.21. The van der Waals surface area contributed by atoms with Crippen LogP contribution in [0.2, 0.25) is 0 Å². The van der Waals surface area contributed by atoms with Crippen molar-refractivity contribution in [2.24, 2.45) is 0 Å². The quantitative estimate of drug-likeness (QED) is 0.549. The molecule has 3 N–H and O–H groups in total. The molecule has 0 unspecified atom stereocenters.